The Hall–Kier alpha value is -2.41. The van der Waals surface area contributed by atoms with E-state index in [0.29, 0.717) is 30.5 Å². The quantitative estimate of drug-likeness (QED) is 0.808. The lowest BCUT2D eigenvalue weighted by atomic mass is 10.2. The van der Waals surface area contributed by atoms with Crippen molar-refractivity contribution in [2.45, 2.75) is 38.8 Å². The second-order valence-corrected chi connectivity index (χ2v) is 5.85. The highest BCUT2D eigenvalue weighted by Gasteiger charge is 2.16. The van der Waals surface area contributed by atoms with Gasteiger partial charge in [-0.05, 0) is 25.0 Å². The van der Waals surface area contributed by atoms with Gasteiger partial charge in [-0.3, -0.25) is 4.79 Å². The van der Waals surface area contributed by atoms with Crippen molar-refractivity contribution in [3.63, 3.8) is 0 Å². The minimum Gasteiger partial charge on any atom is -0.379 e. The molecule has 0 saturated carbocycles. The average molecular weight is 330 g/mol. The minimum atomic E-state index is -0.188. The van der Waals surface area contributed by atoms with Gasteiger partial charge < -0.3 is 19.9 Å². The predicted octanol–water partition coefficient (Wildman–Crippen LogP) is 2.15. The van der Waals surface area contributed by atoms with Crippen molar-refractivity contribution >= 4 is 11.7 Å². The molecule has 2 aromatic rings. The number of hydrogen-bond acceptors (Lipinski definition) is 6. The molecule has 3 heterocycles. The highest BCUT2D eigenvalue weighted by Crippen LogP contribution is 2.12. The molecule has 3 rings (SSSR count). The lowest BCUT2D eigenvalue weighted by Gasteiger charge is -2.11. The third-order valence-electron chi connectivity index (χ3n) is 3.84. The molecule has 7 heteroatoms. The van der Waals surface area contributed by atoms with Crippen LogP contribution >= 0.6 is 0 Å². The number of amides is 1. The first-order valence-corrected chi connectivity index (χ1v) is 8.27. The molecule has 128 valence electrons. The molecular weight excluding hydrogens is 308 g/mol. The van der Waals surface area contributed by atoms with Gasteiger partial charge in [0.05, 0.1) is 30.5 Å². The number of aryl methyl sites for hydroxylation is 1. The van der Waals surface area contributed by atoms with Crippen LogP contribution < -0.4 is 10.6 Å². The SMILES string of the molecule is CCCc1cc(CNC(=O)c2ccc(NC3CCOC3)nc2)on1. The fraction of sp³-hybridized carbons (Fsp3) is 0.471. The first kappa shape index (κ1) is 16.4. The normalized spacial score (nSPS) is 17.0. The molecule has 1 aliphatic heterocycles. The second-order valence-electron chi connectivity index (χ2n) is 5.85. The maximum absolute atomic E-state index is 12.2. The van der Waals surface area contributed by atoms with Crippen molar-refractivity contribution < 1.29 is 14.1 Å². The summed E-state index contributed by atoms with van der Waals surface area (Å²) < 4.78 is 10.5. The van der Waals surface area contributed by atoms with Gasteiger partial charge in [0.15, 0.2) is 5.76 Å². The van der Waals surface area contributed by atoms with Crippen LogP contribution in [0.2, 0.25) is 0 Å². The van der Waals surface area contributed by atoms with E-state index in [-0.39, 0.29) is 5.91 Å². The van der Waals surface area contributed by atoms with Crippen LogP contribution in [0.5, 0.6) is 0 Å². The zero-order valence-electron chi connectivity index (χ0n) is 13.7. The number of aromatic nitrogens is 2. The molecule has 1 fully saturated rings. The van der Waals surface area contributed by atoms with Crippen molar-refractivity contribution in [1.82, 2.24) is 15.5 Å². The van der Waals surface area contributed by atoms with Crippen LogP contribution in [0.1, 0.15) is 41.6 Å². The molecule has 2 aromatic heterocycles. The highest BCUT2D eigenvalue weighted by molar-refractivity contribution is 5.93. The maximum atomic E-state index is 12.2. The van der Waals surface area contributed by atoms with E-state index in [0.717, 1.165) is 37.4 Å². The first-order valence-electron chi connectivity index (χ1n) is 8.27. The molecule has 1 aliphatic rings. The number of nitrogens with zero attached hydrogens (tertiary/aromatic N) is 2. The van der Waals surface area contributed by atoms with Crippen LogP contribution in [0.15, 0.2) is 28.9 Å². The molecule has 0 bridgehead atoms. The van der Waals surface area contributed by atoms with E-state index in [1.54, 1.807) is 18.3 Å². The Morgan fingerprint density at radius 2 is 2.33 bits per heavy atom. The Morgan fingerprint density at radius 3 is 3.04 bits per heavy atom. The van der Waals surface area contributed by atoms with Gasteiger partial charge in [-0.15, -0.1) is 0 Å². The summed E-state index contributed by atoms with van der Waals surface area (Å²) in [5, 5.41) is 10.1. The lowest BCUT2D eigenvalue weighted by molar-refractivity contribution is 0.0946. The van der Waals surface area contributed by atoms with Gasteiger partial charge in [-0.2, -0.15) is 0 Å². The van der Waals surface area contributed by atoms with Crippen molar-refractivity contribution in [2.24, 2.45) is 0 Å². The van der Waals surface area contributed by atoms with E-state index in [1.807, 2.05) is 6.07 Å². The summed E-state index contributed by atoms with van der Waals surface area (Å²) in [5.41, 5.74) is 1.42. The van der Waals surface area contributed by atoms with Crippen LogP contribution in [0.3, 0.4) is 0 Å². The Kier molecular flexibility index (Phi) is 5.43. The zero-order valence-corrected chi connectivity index (χ0v) is 13.7. The summed E-state index contributed by atoms with van der Waals surface area (Å²) in [7, 11) is 0. The number of ether oxygens (including phenoxy) is 1. The molecule has 0 radical (unpaired) electrons. The number of pyridine rings is 1. The number of hydrogen-bond donors (Lipinski definition) is 2. The van der Waals surface area contributed by atoms with E-state index in [9.17, 15) is 4.79 Å². The molecule has 0 spiro atoms. The Labute approximate surface area is 140 Å². The van der Waals surface area contributed by atoms with Crippen LogP contribution in [0.4, 0.5) is 5.82 Å². The molecule has 24 heavy (non-hydrogen) atoms. The smallest absolute Gasteiger partial charge is 0.253 e. The summed E-state index contributed by atoms with van der Waals surface area (Å²) in [5.74, 6) is 1.22. The Balaban J connectivity index is 1.50. The van der Waals surface area contributed by atoms with Crippen molar-refractivity contribution in [3.8, 4) is 0 Å². The minimum absolute atomic E-state index is 0.188. The molecule has 1 unspecified atom stereocenters. The van der Waals surface area contributed by atoms with Crippen molar-refractivity contribution in [3.05, 3.63) is 41.4 Å². The summed E-state index contributed by atoms with van der Waals surface area (Å²) in [6, 6.07) is 5.73. The van der Waals surface area contributed by atoms with Gasteiger partial charge in [0, 0.05) is 18.9 Å². The highest BCUT2D eigenvalue weighted by atomic mass is 16.5. The standard InChI is InChI=1S/C17H22N4O3/c1-2-3-13-8-15(24-21-13)10-19-17(22)12-4-5-16(18-9-12)20-14-6-7-23-11-14/h4-5,8-9,14H,2-3,6-7,10-11H2,1H3,(H,18,20)(H,19,22). The van der Waals surface area contributed by atoms with Crippen LogP contribution in [0.25, 0.3) is 0 Å². The van der Waals surface area contributed by atoms with E-state index in [1.165, 1.54) is 0 Å². The van der Waals surface area contributed by atoms with Gasteiger partial charge in [-0.1, -0.05) is 18.5 Å². The van der Waals surface area contributed by atoms with E-state index in [2.05, 4.69) is 27.7 Å². The number of anilines is 1. The monoisotopic (exact) mass is 330 g/mol. The van der Waals surface area contributed by atoms with Gasteiger partial charge in [0.25, 0.3) is 5.91 Å². The maximum Gasteiger partial charge on any atom is 0.253 e. The molecule has 0 aromatic carbocycles. The van der Waals surface area contributed by atoms with Gasteiger partial charge in [0.1, 0.15) is 5.82 Å². The fourth-order valence-electron chi connectivity index (χ4n) is 2.55. The molecular formula is C17H22N4O3. The zero-order chi connectivity index (χ0) is 16.8. The fourth-order valence-corrected chi connectivity index (χ4v) is 2.55. The third-order valence-corrected chi connectivity index (χ3v) is 3.84. The third kappa shape index (κ3) is 4.32. The van der Waals surface area contributed by atoms with Crippen molar-refractivity contribution in [2.75, 3.05) is 18.5 Å². The number of rotatable bonds is 7. The number of carbonyl (C=O) groups excluding carboxylic acids is 1. The van der Waals surface area contributed by atoms with Gasteiger partial charge in [-0.25, -0.2) is 4.98 Å². The topological polar surface area (TPSA) is 89.3 Å². The molecule has 2 N–H and O–H groups in total. The number of nitrogens with one attached hydrogen (secondary N) is 2. The van der Waals surface area contributed by atoms with Gasteiger partial charge in [0.2, 0.25) is 0 Å². The predicted molar refractivity (Wildman–Crippen MR) is 88.8 cm³/mol. The number of carbonyl (C=O) groups is 1. The average Bonchev–Trinajstić information content (AvgIpc) is 3.26. The molecule has 1 atom stereocenters. The summed E-state index contributed by atoms with van der Waals surface area (Å²) in [4.78, 5) is 16.4. The van der Waals surface area contributed by atoms with Crippen LogP contribution in [0, 0.1) is 0 Å². The lowest BCUT2D eigenvalue weighted by Crippen LogP contribution is -2.23. The Bertz CT molecular complexity index is 663. The van der Waals surface area contributed by atoms with E-state index >= 15 is 0 Å². The summed E-state index contributed by atoms with van der Waals surface area (Å²) in [6.07, 6.45) is 4.43. The second kappa shape index (κ2) is 7.92. The molecule has 7 nitrogen and oxygen atoms in total. The van der Waals surface area contributed by atoms with Crippen molar-refractivity contribution in [1.29, 1.82) is 0 Å². The molecule has 0 aliphatic carbocycles. The molecule has 1 saturated heterocycles. The summed E-state index contributed by atoms with van der Waals surface area (Å²) in [6.45, 7) is 3.87. The Morgan fingerprint density at radius 1 is 1.42 bits per heavy atom. The summed E-state index contributed by atoms with van der Waals surface area (Å²) >= 11 is 0. The molecule has 1 amide bonds. The van der Waals surface area contributed by atoms with Gasteiger partial charge >= 0.3 is 0 Å². The van der Waals surface area contributed by atoms with Crippen LogP contribution in [-0.2, 0) is 17.7 Å². The van der Waals surface area contributed by atoms with Crippen LogP contribution in [-0.4, -0.2) is 35.3 Å². The van der Waals surface area contributed by atoms with E-state index in [4.69, 9.17) is 9.26 Å². The largest absolute Gasteiger partial charge is 0.379 e. The first-order chi connectivity index (χ1) is 11.7. The van der Waals surface area contributed by atoms with E-state index < -0.39 is 0 Å².